The molecular formula is C13H13NO4S. The topological polar surface area (TPSA) is 76.2 Å². The first-order chi connectivity index (χ1) is 8.97. The minimum atomic E-state index is -3.21. The molecule has 0 aliphatic carbocycles. The fourth-order valence-electron chi connectivity index (χ4n) is 1.51. The van der Waals surface area contributed by atoms with Crippen LogP contribution >= 0.6 is 0 Å². The van der Waals surface area contributed by atoms with E-state index in [-0.39, 0.29) is 17.3 Å². The number of benzene rings is 1. The molecule has 1 aromatic heterocycles. The second kappa shape index (κ2) is 5.27. The number of sulfone groups is 1. The van der Waals surface area contributed by atoms with E-state index in [1.807, 2.05) is 0 Å². The van der Waals surface area contributed by atoms with Gasteiger partial charge in [0.15, 0.2) is 16.4 Å². The minimum Gasteiger partial charge on any atom is -0.485 e. The Morgan fingerprint density at radius 3 is 2.42 bits per heavy atom. The zero-order valence-electron chi connectivity index (χ0n) is 10.3. The van der Waals surface area contributed by atoms with Crippen LogP contribution in [0.2, 0.25) is 0 Å². The Labute approximate surface area is 111 Å². The lowest BCUT2D eigenvalue weighted by molar-refractivity contribution is 0.0917. The van der Waals surface area contributed by atoms with E-state index in [1.54, 1.807) is 18.3 Å². The molecule has 0 atom stereocenters. The van der Waals surface area contributed by atoms with Crippen molar-refractivity contribution in [3.05, 3.63) is 48.3 Å². The van der Waals surface area contributed by atoms with Crippen LogP contribution in [0, 0.1) is 0 Å². The van der Waals surface area contributed by atoms with Gasteiger partial charge in [-0.15, -0.1) is 0 Å². The number of rotatable bonds is 5. The van der Waals surface area contributed by atoms with E-state index in [2.05, 4.69) is 4.98 Å². The van der Waals surface area contributed by atoms with Crippen molar-refractivity contribution in [2.24, 2.45) is 0 Å². The maximum absolute atomic E-state index is 11.7. The molecule has 0 saturated heterocycles. The van der Waals surface area contributed by atoms with Gasteiger partial charge in [-0.25, -0.2) is 8.42 Å². The van der Waals surface area contributed by atoms with Gasteiger partial charge in [0.05, 0.1) is 10.6 Å². The van der Waals surface area contributed by atoms with E-state index in [0.717, 1.165) is 6.26 Å². The lowest BCUT2D eigenvalue weighted by Gasteiger charge is -2.05. The number of ether oxygens (including phenoxy) is 1. The first kappa shape index (κ1) is 13.4. The van der Waals surface area contributed by atoms with Crippen LogP contribution in [0.5, 0.6) is 5.75 Å². The third kappa shape index (κ3) is 3.45. The smallest absolute Gasteiger partial charge is 0.216 e. The fraction of sp³-hybridized carbons (Fsp3) is 0.154. The lowest BCUT2D eigenvalue weighted by atomic mass is 10.3. The number of aromatic amines is 1. The highest BCUT2D eigenvalue weighted by Gasteiger charge is 2.09. The van der Waals surface area contributed by atoms with Crippen LogP contribution < -0.4 is 4.74 Å². The quantitative estimate of drug-likeness (QED) is 0.845. The number of hydrogen-bond donors (Lipinski definition) is 1. The van der Waals surface area contributed by atoms with E-state index < -0.39 is 9.84 Å². The summed E-state index contributed by atoms with van der Waals surface area (Å²) in [5, 5.41) is 0. The summed E-state index contributed by atoms with van der Waals surface area (Å²) in [5.41, 5.74) is 0.479. The molecule has 0 amide bonds. The summed E-state index contributed by atoms with van der Waals surface area (Å²) < 4.78 is 27.8. The Bertz CT molecular complexity index is 657. The van der Waals surface area contributed by atoms with Gasteiger partial charge in [0, 0.05) is 12.5 Å². The highest BCUT2D eigenvalue weighted by molar-refractivity contribution is 7.90. The predicted molar refractivity (Wildman–Crippen MR) is 70.2 cm³/mol. The Morgan fingerprint density at radius 2 is 1.89 bits per heavy atom. The van der Waals surface area contributed by atoms with Crippen molar-refractivity contribution in [1.82, 2.24) is 4.98 Å². The summed E-state index contributed by atoms with van der Waals surface area (Å²) in [4.78, 5) is 14.7. The Kier molecular flexibility index (Phi) is 3.71. The van der Waals surface area contributed by atoms with Crippen LogP contribution in [-0.4, -0.2) is 32.0 Å². The molecule has 2 rings (SSSR count). The van der Waals surface area contributed by atoms with Crippen molar-refractivity contribution in [2.45, 2.75) is 4.90 Å². The van der Waals surface area contributed by atoms with Crippen LogP contribution in [0.25, 0.3) is 0 Å². The van der Waals surface area contributed by atoms with Crippen LogP contribution in [0.15, 0.2) is 47.5 Å². The second-order valence-electron chi connectivity index (χ2n) is 4.04. The molecule has 6 heteroatoms. The monoisotopic (exact) mass is 279 g/mol. The molecule has 0 saturated carbocycles. The third-order valence-corrected chi connectivity index (χ3v) is 3.65. The molecule has 5 nitrogen and oxygen atoms in total. The zero-order valence-corrected chi connectivity index (χ0v) is 11.1. The number of hydrogen-bond acceptors (Lipinski definition) is 4. The number of ketones is 1. The van der Waals surface area contributed by atoms with Crippen LogP contribution in [0.1, 0.15) is 10.5 Å². The standard InChI is InChI=1S/C13H13NO4S/c1-19(16,17)11-6-4-10(5-7-11)18-9-13(15)12-3-2-8-14-12/h2-8,14H,9H2,1H3. The van der Waals surface area contributed by atoms with Gasteiger partial charge in [-0.3, -0.25) is 4.79 Å². The number of carbonyl (C=O) groups excluding carboxylic acids is 1. The molecule has 0 unspecified atom stereocenters. The van der Waals surface area contributed by atoms with Gasteiger partial charge in [0.25, 0.3) is 0 Å². The number of aromatic nitrogens is 1. The number of carbonyl (C=O) groups is 1. The Balaban J connectivity index is 1.99. The molecule has 0 aliphatic heterocycles. The number of Topliss-reactive ketones (excluding diaryl/α,β-unsaturated/α-hetero) is 1. The number of nitrogens with one attached hydrogen (secondary N) is 1. The van der Waals surface area contributed by atoms with E-state index >= 15 is 0 Å². The largest absolute Gasteiger partial charge is 0.485 e. The molecule has 0 aliphatic rings. The zero-order chi connectivity index (χ0) is 13.9. The van der Waals surface area contributed by atoms with Crippen molar-refractivity contribution in [3.8, 4) is 5.75 Å². The molecule has 100 valence electrons. The van der Waals surface area contributed by atoms with Gasteiger partial charge >= 0.3 is 0 Å². The van der Waals surface area contributed by atoms with Crippen LogP contribution in [-0.2, 0) is 9.84 Å². The van der Waals surface area contributed by atoms with Crippen molar-refractivity contribution in [2.75, 3.05) is 12.9 Å². The number of H-pyrrole nitrogens is 1. The van der Waals surface area contributed by atoms with Crippen molar-refractivity contribution < 1.29 is 17.9 Å². The van der Waals surface area contributed by atoms with Gasteiger partial charge < -0.3 is 9.72 Å². The molecule has 0 bridgehead atoms. The second-order valence-corrected chi connectivity index (χ2v) is 6.05. The maximum atomic E-state index is 11.7. The predicted octanol–water partition coefficient (Wildman–Crippen LogP) is 1.68. The van der Waals surface area contributed by atoms with Crippen LogP contribution in [0.4, 0.5) is 0 Å². The summed E-state index contributed by atoms with van der Waals surface area (Å²) in [6.45, 7) is -0.0985. The average Bonchev–Trinajstić information content (AvgIpc) is 2.89. The molecular weight excluding hydrogens is 266 g/mol. The maximum Gasteiger partial charge on any atom is 0.216 e. The van der Waals surface area contributed by atoms with Gasteiger partial charge in [0.1, 0.15) is 5.75 Å². The SMILES string of the molecule is CS(=O)(=O)c1ccc(OCC(=O)c2ccc[nH]2)cc1. The van der Waals surface area contributed by atoms with Gasteiger partial charge in [-0.05, 0) is 36.4 Å². The summed E-state index contributed by atoms with van der Waals surface area (Å²) in [5.74, 6) is 0.282. The third-order valence-electron chi connectivity index (χ3n) is 2.52. The van der Waals surface area contributed by atoms with Crippen LogP contribution in [0.3, 0.4) is 0 Å². The molecule has 19 heavy (non-hydrogen) atoms. The molecule has 1 aromatic carbocycles. The fourth-order valence-corrected chi connectivity index (χ4v) is 2.14. The molecule has 0 radical (unpaired) electrons. The summed E-state index contributed by atoms with van der Waals surface area (Å²) in [6, 6.07) is 9.34. The van der Waals surface area contributed by atoms with Crippen molar-refractivity contribution >= 4 is 15.6 Å². The molecule has 0 fully saturated rings. The normalized spacial score (nSPS) is 11.2. The molecule has 1 N–H and O–H groups in total. The Morgan fingerprint density at radius 1 is 1.21 bits per heavy atom. The van der Waals surface area contributed by atoms with E-state index in [0.29, 0.717) is 11.4 Å². The Hall–Kier alpha value is -2.08. The van der Waals surface area contributed by atoms with Crippen molar-refractivity contribution in [1.29, 1.82) is 0 Å². The van der Waals surface area contributed by atoms with E-state index in [1.165, 1.54) is 24.3 Å². The van der Waals surface area contributed by atoms with Gasteiger partial charge in [-0.1, -0.05) is 0 Å². The summed E-state index contributed by atoms with van der Waals surface area (Å²) in [6.07, 6.45) is 2.80. The van der Waals surface area contributed by atoms with Gasteiger partial charge in [-0.2, -0.15) is 0 Å². The first-order valence-corrected chi connectivity index (χ1v) is 7.45. The molecule has 0 spiro atoms. The van der Waals surface area contributed by atoms with Gasteiger partial charge in [0.2, 0.25) is 5.78 Å². The highest BCUT2D eigenvalue weighted by atomic mass is 32.2. The summed E-state index contributed by atoms with van der Waals surface area (Å²) >= 11 is 0. The van der Waals surface area contributed by atoms with E-state index in [4.69, 9.17) is 4.74 Å². The van der Waals surface area contributed by atoms with E-state index in [9.17, 15) is 13.2 Å². The molecule has 1 heterocycles. The van der Waals surface area contributed by atoms with Crippen molar-refractivity contribution in [3.63, 3.8) is 0 Å². The average molecular weight is 279 g/mol. The lowest BCUT2D eigenvalue weighted by Crippen LogP contribution is -2.11. The molecule has 2 aromatic rings. The first-order valence-electron chi connectivity index (χ1n) is 5.56. The summed E-state index contributed by atoms with van der Waals surface area (Å²) in [7, 11) is -3.21. The highest BCUT2D eigenvalue weighted by Crippen LogP contribution is 2.16. The minimum absolute atomic E-state index is 0.0985.